The van der Waals surface area contributed by atoms with Crippen molar-refractivity contribution in [1.29, 1.82) is 0 Å². The molecule has 0 aliphatic rings. The maximum Gasteiger partial charge on any atom is 0.213 e. The summed E-state index contributed by atoms with van der Waals surface area (Å²) in [4.78, 5) is 4.37. The molecule has 106 valence electrons. The summed E-state index contributed by atoms with van der Waals surface area (Å²) in [5.41, 5.74) is 2.63. The largest absolute Gasteiger partial charge is 0.478 e. The number of hydrogen-bond donors (Lipinski definition) is 0. The third-order valence-electron chi connectivity index (χ3n) is 3.34. The van der Waals surface area contributed by atoms with Crippen molar-refractivity contribution in [3.05, 3.63) is 59.8 Å². The molecular formula is C18H23NO. The lowest BCUT2D eigenvalue weighted by atomic mass is 10.1. The first kappa shape index (κ1) is 14.6. The summed E-state index contributed by atoms with van der Waals surface area (Å²) >= 11 is 0. The highest BCUT2D eigenvalue weighted by Crippen LogP contribution is 2.11. The molecule has 0 unspecified atom stereocenters. The molecule has 0 spiro atoms. The average Bonchev–Trinajstić information content (AvgIpc) is 2.52. The van der Waals surface area contributed by atoms with Crippen LogP contribution in [0.25, 0.3) is 0 Å². The van der Waals surface area contributed by atoms with E-state index in [4.69, 9.17) is 4.74 Å². The molecular weight excluding hydrogens is 246 g/mol. The van der Waals surface area contributed by atoms with Crippen LogP contribution in [0.1, 0.15) is 37.3 Å². The van der Waals surface area contributed by atoms with Gasteiger partial charge in [-0.3, -0.25) is 0 Å². The minimum absolute atomic E-state index is 0.740. The number of hydrogen-bond acceptors (Lipinski definition) is 2. The Kier molecular flexibility index (Phi) is 6.09. The van der Waals surface area contributed by atoms with Gasteiger partial charge in [0.1, 0.15) is 0 Å². The molecule has 2 rings (SSSR count). The summed E-state index contributed by atoms with van der Waals surface area (Å²) in [6, 6.07) is 14.6. The molecule has 1 aromatic heterocycles. The van der Waals surface area contributed by atoms with Gasteiger partial charge in [0, 0.05) is 12.3 Å². The molecule has 1 aromatic carbocycles. The van der Waals surface area contributed by atoms with Crippen molar-refractivity contribution < 1.29 is 4.74 Å². The average molecular weight is 269 g/mol. The molecule has 0 saturated heterocycles. The topological polar surface area (TPSA) is 22.1 Å². The Morgan fingerprint density at radius 1 is 0.900 bits per heavy atom. The Bertz CT molecular complexity index is 479. The first-order valence-electron chi connectivity index (χ1n) is 7.50. The van der Waals surface area contributed by atoms with E-state index in [2.05, 4.69) is 48.3 Å². The van der Waals surface area contributed by atoms with Crippen molar-refractivity contribution in [2.24, 2.45) is 0 Å². The minimum atomic E-state index is 0.740. The fourth-order valence-corrected chi connectivity index (χ4v) is 2.11. The van der Waals surface area contributed by atoms with E-state index in [1.165, 1.54) is 24.0 Å². The molecule has 2 aromatic rings. The maximum absolute atomic E-state index is 5.61. The number of ether oxygens (including phenoxy) is 1. The number of nitrogens with zero attached hydrogens (tertiary/aromatic N) is 1. The van der Waals surface area contributed by atoms with Gasteiger partial charge in [-0.1, -0.05) is 56.2 Å². The van der Waals surface area contributed by atoms with E-state index in [9.17, 15) is 0 Å². The Hall–Kier alpha value is -1.83. The van der Waals surface area contributed by atoms with Gasteiger partial charge in [0.05, 0.1) is 6.61 Å². The van der Waals surface area contributed by atoms with E-state index >= 15 is 0 Å². The zero-order valence-electron chi connectivity index (χ0n) is 12.2. The number of pyridine rings is 1. The quantitative estimate of drug-likeness (QED) is 0.661. The lowest BCUT2D eigenvalue weighted by Gasteiger charge is -2.06. The number of benzene rings is 1. The maximum atomic E-state index is 5.61. The van der Waals surface area contributed by atoms with Gasteiger partial charge in [-0.05, 0) is 30.4 Å². The molecule has 0 bridgehead atoms. The second-order valence-corrected chi connectivity index (χ2v) is 5.05. The van der Waals surface area contributed by atoms with Gasteiger partial charge in [-0.2, -0.15) is 0 Å². The molecule has 20 heavy (non-hydrogen) atoms. The van der Waals surface area contributed by atoms with Crippen LogP contribution < -0.4 is 4.74 Å². The van der Waals surface area contributed by atoms with Gasteiger partial charge in [0.15, 0.2) is 0 Å². The van der Waals surface area contributed by atoms with E-state index in [1.807, 2.05) is 12.3 Å². The molecule has 1 heterocycles. The van der Waals surface area contributed by atoms with Crippen LogP contribution >= 0.6 is 0 Å². The molecule has 0 aliphatic heterocycles. The van der Waals surface area contributed by atoms with Crippen molar-refractivity contribution in [3.63, 3.8) is 0 Å². The molecule has 0 N–H and O–H groups in total. The summed E-state index contributed by atoms with van der Waals surface area (Å²) in [5.74, 6) is 0.740. The van der Waals surface area contributed by atoms with E-state index in [0.717, 1.165) is 31.7 Å². The monoisotopic (exact) mass is 269 g/mol. The fraction of sp³-hybridized carbons (Fsp3) is 0.389. The predicted molar refractivity (Wildman–Crippen MR) is 83.1 cm³/mol. The number of aromatic nitrogens is 1. The Labute approximate surface area is 121 Å². The highest BCUT2D eigenvalue weighted by molar-refractivity contribution is 5.21. The molecule has 0 atom stereocenters. The molecule has 0 fully saturated rings. The number of unbranched alkanes of at least 4 members (excludes halogenated alkanes) is 2. The van der Waals surface area contributed by atoms with Crippen molar-refractivity contribution in [2.75, 3.05) is 6.61 Å². The van der Waals surface area contributed by atoms with Gasteiger partial charge in [-0.25, -0.2) is 4.98 Å². The van der Waals surface area contributed by atoms with Crippen molar-refractivity contribution in [1.82, 2.24) is 4.98 Å². The molecule has 0 saturated carbocycles. The van der Waals surface area contributed by atoms with Gasteiger partial charge in [0.2, 0.25) is 5.88 Å². The summed E-state index contributed by atoms with van der Waals surface area (Å²) < 4.78 is 5.61. The Morgan fingerprint density at radius 3 is 2.40 bits per heavy atom. The zero-order chi connectivity index (χ0) is 14.0. The van der Waals surface area contributed by atoms with Gasteiger partial charge >= 0.3 is 0 Å². The summed E-state index contributed by atoms with van der Waals surface area (Å²) in [6.45, 7) is 2.96. The SMILES string of the molecule is CCCCCOc1ccc(CCc2ccccc2)cn1. The molecule has 0 radical (unpaired) electrons. The highest BCUT2D eigenvalue weighted by Gasteiger charge is 1.98. The number of rotatable bonds is 8. The normalized spacial score (nSPS) is 10.4. The van der Waals surface area contributed by atoms with E-state index in [0.29, 0.717) is 0 Å². The van der Waals surface area contributed by atoms with Gasteiger partial charge in [-0.15, -0.1) is 0 Å². The first-order valence-corrected chi connectivity index (χ1v) is 7.50. The van der Waals surface area contributed by atoms with Crippen LogP contribution in [-0.2, 0) is 12.8 Å². The third kappa shape index (κ3) is 5.04. The summed E-state index contributed by atoms with van der Waals surface area (Å²) in [7, 11) is 0. The standard InChI is InChI=1S/C18H23NO/c1-2-3-7-14-20-18-13-12-17(15-19-18)11-10-16-8-5-4-6-9-16/h4-6,8-9,12-13,15H,2-3,7,10-11,14H2,1H3. The summed E-state index contributed by atoms with van der Waals surface area (Å²) in [5, 5.41) is 0. The Balaban J connectivity index is 1.76. The predicted octanol–water partition coefficient (Wildman–Crippen LogP) is 4.44. The molecule has 2 heteroatoms. The van der Waals surface area contributed by atoms with Crippen LogP contribution in [0.4, 0.5) is 0 Å². The zero-order valence-corrected chi connectivity index (χ0v) is 12.2. The van der Waals surface area contributed by atoms with Crippen molar-refractivity contribution >= 4 is 0 Å². The molecule has 0 aliphatic carbocycles. The smallest absolute Gasteiger partial charge is 0.213 e. The summed E-state index contributed by atoms with van der Waals surface area (Å²) in [6.07, 6.45) is 7.54. The van der Waals surface area contributed by atoms with E-state index in [1.54, 1.807) is 0 Å². The van der Waals surface area contributed by atoms with Crippen LogP contribution in [0.5, 0.6) is 5.88 Å². The Morgan fingerprint density at radius 2 is 1.70 bits per heavy atom. The lowest BCUT2D eigenvalue weighted by molar-refractivity contribution is 0.295. The van der Waals surface area contributed by atoms with Crippen molar-refractivity contribution in [3.8, 4) is 5.88 Å². The van der Waals surface area contributed by atoms with Crippen molar-refractivity contribution in [2.45, 2.75) is 39.0 Å². The third-order valence-corrected chi connectivity index (χ3v) is 3.34. The van der Waals surface area contributed by atoms with Gasteiger partial charge < -0.3 is 4.74 Å². The number of aryl methyl sites for hydroxylation is 2. The van der Waals surface area contributed by atoms with E-state index < -0.39 is 0 Å². The van der Waals surface area contributed by atoms with Crippen LogP contribution in [0, 0.1) is 0 Å². The fourth-order valence-electron chi connectivity index (χ4n) is 2.11. The molecule has 2 nitrogen and oxygen atoms in total. The van der Waals surface area contributed by atoms with Gasteiger partial charge in [0.25, 0.3) is 0 Å². The minimum Gasteiger partial charge on any atom is -0.478 e. The first-order chi connectivity index (χ1) is 9.88. The second kappa shape index (κ2) is 8.36. The molecule has 0 amide bonds. The van der Waals surface area contributed by atoms with E-state index in [-0.39, 0.29) is 0 Å². The second-order valence-electron chi connectivity index (χ2n) is 5.05. The van der Waals surface area contributed by atoms with Crippen LogP contribution in [0.15, 0.2) is 48.7 Å². The lowest BCUT2D eigenvalue weighted by Crippen LogP contribution is -1.99. The van der Waals surface area contributed by atoms with Crippen LogP contribution in [-0.4, -0.2) is 11.6 Å². The van der Waals surface area contributed by atoms with Crippen LogP contribution in [0.2, 0.25) is 0 Å². The van der Waals surface area contributed by atoms with Crippen LogP contribution in [0.3, 0.4) is 0 Å². The highest BCUT2D eigenvalue weighted by atomic mass is 16.5.